The molecular weight excluding hydrogens is 289 g/mol. The van der Waals surface area contributed by atoms with Crippen molar-refractivity contribution in [3.05, 3.63) is 95.6 Å². The Kier molecular flexibility index (Phi) is 3.35. The first kappa shape index (κ1) is 13.6. The Balaban J connectivity index is 1.85. The van der Waals surface area contributed by atoms with Crippen molar-refractivity contribution in [3.8, 4) is 0 Å². The summed E-state index contributed by atoms with van der Waals surface area (Å²) in [5, 5.41) is 8.85. The van der Waals surface area contributed by atoms with Crippen molar-refractivity contribution in [2.24, 2.45) is 10.2 Å². The molecule has 1 aromatic heterocycles. The van der Waals surface area contributed by atoms with E-state index in [2.05, 4.69) is 14.8 Å². The van der Waals surface area contributed by atoms with Crippen LogP contribution < -0.4 is 0 Å². The Hall–Kier alpha value is -3.01. The average molecular weight is 303 g/mol. The molecule has 2 heterocycles. The van der Waals surface area contributed by atoms with Crippen LogP contribution in [-0.2, 0) is 6.54 Å². The number of rotatable bonds is 2. The molecular formula is C19H14FN3. The maximum atomic E-state index is 13.6. The summed E-state index contributed by atoms with van der Waals surface area (Å²) in [5.41, 5.74) is 4.26. The molecule has 2 aromatic carbocycles. The molecule has 3 aromatic rings. The number of hydrogen-bond donors (Lipinski definition) is 0. The number of hydrogen-bond acceptors (Lipinski definition) is 2. The molecule has 1 aliphatic rings. The Morgan fingerprint density at radius 2 is 1.65 bits per heavy atom. The first-order valence-electron chi connectivity index (χ1n) is 7.43. The second kappa shape index (κ2) is 5.65. The van der Waals surface area contributed by atoms with E-state index in [1.54, 1.807) is 6.07 Å². The molecule has 0 N–H and O–H groups in total. The van der Waals surface area contributed by atoms with Crippen LogP contribution in [0.2, 0.25) is 0 Å². The third-order valence-corrected chi connectivity index (χ3v) is 3.87. The number of aromatic nitrogens is 1. The largest absolute Gasteiger partial charge is 0.340 e. The molecule has 0 radical (unpaired) electrons. The highest BCUT2D eigenvalue weighted by Crippen LogP contribution is 2.18. The van der Waals surface area contributed by atoms with Crippen LogP contribution in [0.3, 0.4) is 0 Å². The zero-order valence-electron chi connectivity index (χ0n) is 12.4. The quantitative estimate of drug-likeness (QED) is 0.687. The van der Waals surface area contributed by atoms with Gasteiger partial charge in [0.15, 0.2) is 0 Å². The van der Waals surface area contributed by atoms with Crippen molar-refractivity contribution in [3.63, 3.8) is 0 Å². The Labute approximate surface area is 133 Å². The van der Waals surface area contributed by atoms with E-state index >= 15 is 0 Å². The van der Waals surface area contributed by atoms with Gasteiger partial charge in [0.2, 0.25) is 0 Å². The summed E-state index contributed by atoms with van der Waals surface area (Å²) in [6, 6.07) is 20.4. The molecule has 0 atom stereocenters. The predicted octanol–water partition coefficient (Wildman–Crippen LogP) is 3.88. The molecule has 0 bridgehead atoms. The van der Waals surface area contributed by atoms with Crippen LogP contribution in [0.4, 0.5) is 4.39 Å². The molecule has 4 heteroatoms. The highest BCUT2D eigenvalue weighted by Gasteiger charge is 2.17. The lowest BCUT2D eigenvalue weighted by Crippen LogP contribution is -2.13. The van der Waals surface area contributed by atoms with Gasteiger partial charge in [-0.25, -0.2) is 4.39 Å². The van der Waals surface area contributed by atoms with E-state index in [1.165, 1.54) is 12.1 Å². The SMILES string of the molecule is Fc1cccc(C2=NN=C(c3ccccc3)Cn3cccc32)c1. The second-order valence-corrected chi connectivity index (χ2v) is 5.39. The highest BCUT2D eigenvalue weighted by molar-refractivity contribution is 6.13. The van der Waals surface area contributed by atoms with Gasteiger partial charge in [0.25, 0.3) is 0 Å². The topological polar surface area (TPSA) is 29.6 Å². The average Bonchev–Trinajstić information content (AvgIpc) is 2.95. The zero-order chi connectivity index (χ0) is 15.6. The normalized spacial score (nSPS) is 13.8. The minimum atomic E-state index is -0.278. The van der Waals surface area contributed by atoms with Gasteiger partial charge in [0, 0.05) is 11.8 Å². The van der Waals surface area contributed by atoms with Gasteiger partial charge in [-0.3, -0.25) is 0 Å². The van der Waals surface area contributed by atoms with Crippen LogP contribution in [0.25, 0.3) is 0 Å². The van der Waals surface area contributed by atoms with Crippen molar-refractivity contribution in [2.45, 2.75) is 6.54 Å². The molecule has 3 nitrogen and oxygen atoms in total. The first-order valence-corrected chi connectivity index (χ1v) is 7.43. The van der Waals surface area contributed by atoms with Gasteiger partial charge in [-0.05, 0) is 29.8 Å². The monoisotopic (exact) mass is 303 g/mol. The molecule has 0 saturated carbocycles. The maximum Gasteiger partial charge on any atom is 0.123 e. The van der Waals surface area contributed by atoms with E-state index in [0.29, 0.717) is 12.3 Å². The highest BCUT2D eigenvalue weighted by atomic mass is 19.1. The number of halogens is 1. The molecule has 23 heavy (non-hydrogen) atoms. The van der Waals surface area contributed by atoms with E-state index in [0.717, 1.165) is 22.5 Å². The fourth-order valence-electron chi connectivity index (χ4n) is 2.74. The summed E-state index contributed by atoms with van der Waals surface area (Å²) >= 11 is 0. The summed E-state index contributed by atoms with van der Waals surface area (Å²) in [6.07, 6.45) is 1.99. The molecule has 1 aliphatic heterocycles. The fraction of sp³-hybridized carbons (Fsp3) is 0.0526. The molecule has 4 rings (SSSR count). The van der Waals surface area contributed by atoms with Gasteiger partial charge >= 0.3 is 0 Å². The summed E-state index contributed by atoms with van der Waals surface area (Å²) in [6.45, 7) is 0.634. The Bertz CT molecular complexity index is 907. The van der Waals surface area contributed by atoms with Gasteiger partial charge in [-0.15, -0.1) is 5.10 Å². The summed E-state index contributed by atoms with van der Waals surface area (Å²) in [4.78, 5) is 0. The van der Waals surface area contributed by atoms with Crippen LogP contribution in [0.1, 0.15) is 16.8 Å². The van der Waals surface area contributed by atoms with Gasteiger partial charge < -0.3 is 4.57 Å². The molecule has 0 spiro atoms. The molecule has 0 saturated heterocycles. The maximum absolute atomic E-state index is 13.6. The number of benzene rings is 2. The van der Waals surface area contributed by atoms with Crippen LogP contribution >= 0.6 is 0 Å². The number of fused-ring (bicyclic) bond motifs is 1. The molecule has 0 fully saturated rings. The van der Waals surface area contributed by atoms with Crippen molar-refractivity contribution >= 4 is 11.4 Å². The van der Waals surface area contributed by atoms with E-state index in [4.69, 9.17) is 0 Å². The molecule has 0 amide bonds. The summed E-state index contributed by atoms with van der Waals surface area (Å²) < 4.78 is 15.7. The first-order chi connectivity index (χ1) is 11.3. The van der Waals surface area contributed by atoms with Crippen molar-refractivity contribution in [2.75, 3.05) is 0 Å². The van der Waals surface area contributed by atoms with Gasteiger partial charge in [-0.2, -0.15) is 5.10 Å². The van der Waals surface area contributed by atoms with E-state index in [9.17, 15) is 4.39 Å². The second-order valence-electron chi connectivity index (χ2n) is 5.39. The zero-order valence-corrected chi connectivity index (χ0v) is 12.4. The van der Waals surface area contributed by atoms with E-state index in [1.807, 2.05) is 54.7 Å². The van der Waals surface area contributed by atoms with E-state index < -0.39 is 0 Å². The smallest absolute Gasteiger partial charge is 0.123 e. The summed E-state index contributed by atoms with van der Waals surface area (Å²) in [7, 11) is 0. The number of nitrogens with zero attached hydrogens (tertiary/aromatic N) is 3. The Morgan fingerprint density at radius 1 is 0.826 bits per heavy atom. The van der Waals surface area contributed by atoms with Crippen molar-refractivity contribution in [1.82, 2.24) is 4.57 Å². The van der Waals surface area contributed by atoms with Gasteiger partial charge in [-0.1, -0.05) is 42.5 Å². The fourth-order valence-corrected chi connectivity index (χ4v) is 2.74. The van der Waals surface area contributed by atoms with Crippen LogP contribution in [0.15, 0.2) is 83.1 Å². The third kappa shape index (κ3) is 2.59. The Morgan fingerprint density at radius 3 is 2.48 bits per heavy atom. The minimum absolute atomic E-state index is 0.278. The van der Waals surface area contributed by atoms with Crippen molar-refractivity contribution < 1.29 is 4.39 Å². The van der Waals surface area contributed by atoms with Gasteiger partial charge in [0.1, 0.15) is 11.5 Å². The predicted molar refractivity (Wildman–Crippen MR) is 89.5 cm³/mol. The molecule has 112 valence electrons. The molecule has 0 aliphatic carbocycles. The van der Waals surface area contributed by atoms with Crippen molar-refractivity contribution in [1.29, 1.82) is 0 Å². The van der Waals surface area contributed by atoms with E-state index in [-0.39, 0.29) is 5.82 Å². The lowest BCUT2D eigenvalue weighted by atomic mass is 10.1. The minimum Gasteiger partial charge on any atom is -0.340 e. The lowest BCUT2D eigenvalue weighted by molar-refractivity contribution is 0.627. The van der Waals surface area contributed by atoms with Crippen LogP contribution in [0.5, 0.6) is 0 Å². The third-order valence-electron chi connectivity index (χ3n) is 3.87. The lowest BCUT2D eigenvalue weighted by Gasteiger charge is -2.09. The van der Waals surface area contributed by atoms with Crippen LogP contribution in [0, 0.1) is 5.82 Å². The molecule has 0 unspecified atom stereocenters. The van der Waals surface area contributed by atoms with Crippen LogP contribution in [-0.4, -0.2) is 16.0 Å². The van der Waals surface area contributed by atoms with Gasteiger partial charge in [0.05, 0.1) is 18.0 Å². The standard InChI is InChI=1S/C19H14FN3/c20-16-9-4-8-15(12-16)19-18-10-5-11-23(18)13-17(21-22-19)14-6-2-1-3-7-14/h1-12H,13H2. The summed E-state index contributed by atoms with van der Waals surface area (Å²) in [5.74, 6) is -0.278.